The van der Waals surface area contributed by atoms with Crippen LogP contribution in [-0.2, 0) is 20.3 Å². The first-order valence-electron chi connectivity index (χ1n) is 14.5. The van der Waals surface area contributed by atoms with E-state index in [1.165, 1.54) is 63.9 Å². The van der Waals surface area contributed by atoms with E-state index in [0.29, 0.717) is 7.25 Å². The summed E-state index contributed by atoms with van der Waals surface area (Å²) >= 11 is -2.62. The average molecular weight is 586 g/mol. The van der Waals surface area contributed by atoms with Gasteiger partial charge >= 0.3 is 240 Å². The molecule has 0 bridgehead atoms. The van der Waals surface area contributed by atoms with Gasteiger partial charge in [-0.3, -0.25) is 0 Å². The quantitative estimate of drug-likeness (QED) is 0.223. The minimum absolute atomic E-state index is 0.685. The second-order valence-electron chi connectivity index (χ2n) is 12.7. The van der Waals surface area contributed by atoms with Crippen molar-refractivity contribution in [3.63, 3.8) is 0 Å². The maximum atomic E-state index is 2.56. The Morgan fingerprint density at radius 3 is 1.26 bits per heavy atom. The third kappa shape index (κ3) is 4.04. The number of fused-ring (bicyclic) bond motifs is 2. The Morgan fingerprint density at radius 1 is 0.513 bits per heavy atom. The van der Waals surface area contributed by atoms with Crippen molar-refractivity contribution in [3.05, 3.63) is 128 Å². The van der Waals surface area contributed by atoms with E-state index in [9.17, 15) is 0 Å². The van der Waals surface area contributed by atoms with Crippen molar-refractivity contribution >= 4 is 12.2 Å². The number of benzene rings is 4. The first kappa shape index (κ1) is 25.2. The molecule has 3 aliphatic rings. The molecule has 0 saturated carbocycles. The Labute approximate surface area is 238 Å². The molecule has 4 aromatic carbocycles. The number of hydrogen-bond donors (Lipinski definition) is 0. The van der Waals surface area contributed by atoms with Gasteiger partial charge in [-0.05, 0) is 0 Å². The number of rotatable bonds is 4. The van der Waals surface area contributed by atoms with E-state index in [0.717, 1.165) is 0 Å². The van der Waals surface area contributed by atoms with E-state index in [1.54, 1.807) is 22.3 Å². The molecule has 0 amide bonds. The fourth-order valence-electron chi connectivity index (χ4n) is 8.28. The summed E-state index contributed by atoms with van der Waals surface area (Å²) in [4.78, 5) is 0. The van der Waals surface area contributed by atoms with Gasteiger partial charge in [-0.2, -0.15) is 0 Å². The van der Waals surface area contributed by atoms with Gasteiger partial charge in [0, 0.05) is 0 Å². The summed E-state index contributed by atoms with van der Waals surface area (Å²) < 4.78 is 4.37. The third-order valence-corrected chi connectivity index (χ3v) is 23.1. The van der Waals surface area contributed by atoms with Gasteiger partial charge in [0.1, 0.15) is 0 Å². The van der Waals surface area contributed by atoms with Crippen molar-refractivity contribution in [2.75, 3.05) is 0 Å². The van der Waals surface area contributed by atoms with Crippen LogP contribution in [-0.4, -0.2) is 0 Å². The molecule has 39 heavy (non-hydrogen) atoms. The zero-order valence-electron chi connectivity index (χ0n) is 24.2. The van der Waals surface area contributed by atoms with Gasteiger partial charge in [-0.1, -0.05) is 0 Å². The molecule has 2 unspecified atom stereocenters. The summed E-state index contributed by atoms with van der Waals surface area (Å²) in [5, 5.41) is 0. The zero-order chi connectivity index (χ0) is 27.1. The maximum absolute atomic E-state index is 2.62. The van der Waals surface area contributed by atoms with Crippen molar-refractivity contribution in [3.8, 4) is 22.3 Å². The fraction of sp³-hybridized carbons (Fsp3) is 0.263. The molecule has 1 saturated heterocycles. The minimum atomic E-state index is -2.62. The monoisotopic (exact) mass is 584 g/mol. The van der Waals surface area contributed by atoms with Gasteiger partial charge in [0.25, 0.3) is 0 Å². The molecule has 1 fully saturated rings. The Hall–Kier alpha value is -2.76. The van der Waals surface area contributed by atoms with E-state index in [2.05, 4.69) is 126 Å². The van der Waals surface area contributed by atoms with Gasteiger partial charge in [0.2, 0.25) is 0 Å². The van der Waals surface area contributed by atoms with E-state index in [1.807, 2.05) is 0 Å². The van der Waals surface area contributed by atoms with Gasteiger partial charge in [-0.15, -0.1) is 0 Å². The van der Waals surface area contributed by atoms with Crippen molar-refractivity contribution in [1.82, 2.24) is 0 Å². The van der Waals surface area contributed by atoms with Crippen LogP contribution in [0.4, 0.5) is 0 Å². The molecule has 0 N–H and O–H groups in total. The Balaban J connectivity index is 1.33. The van der Waals surface area contributed by atoms with E-state index in [-0.39, 0.29) is 0 Å². The molecule has 4 aromatic rings. The van der Waals surface area contributed by atoms with Crippen LogP contribution < -0.4 is 0 Å². The van der Waals surface area contributed by atoms with Crippen LogP contribution in [0.25, 0.3) is 34.4 Å². The molecule has 194 valence electrons. The Bertz CT molecular complexity index is 1560. The standard InChI is InChI=1S/2C18H17.C2H4.Zr/c2*1-12-7-13(2)10-16(9-12)17-6-4-5-15-8-14(3)11-18(15)17;1-2;/h2*4-11H,1-3H3;1-2H2;. The first-order valence-corrected chi connectivity index (χ1v) is 20.9. The summed E-state index contributed by atoms with van der Waals surface area (Å²) in [5.74, 6) is 0. The van der Waals surface area contributed by atoms with Crippen LogP contribution in [0.15, 0.2) is 83.9 Å². The molecule has 1 heteroatoms. The predicted octanol–water partition coefficient (Wildman–Crippen LogP) is 10.9. The summed E-state index contributed by atoms with van der Waals surface area (Å²) in [5.41, 5.74) is 20.5. The van der Waals surface area contributed by atoms with Crippen molar-refractivity contribution in [2.24, 2.45) is 0 Å². The van der Waals surface area contributed by atoms with Crippen molar-refractivity contribution in [2.45, 2.75) is 57.1 Å². The first-order chi connectivity index (χ1) is 18.7. The Morgan fingerprint density at radius 2 is 0.897 bits per heavy atom. The van der Waals surface area contributed by atoms with Crippen LogP contribution in [0, 0.1) is 27.7 Å². The molecule has 0 nitrogen and oxygen atoms in total. The van der Waals surface area contributed by atoms with Crippen molar-refractivity contribution in [1.29, 1.82) is 0 Å². The average Bonchev–Trinajstić information content (AvgIpc) is 3.45. The molecule has 0 radical (unpaired) electrons. The molecule has 0 aromatic heterocycles. The summed E-state index contributed by atoms with van der Waals surface area (Å²) in [6.45, 7) is 13.8. The predicted molar refractivity (Wildman–Crippen MR) is 165 cm³/mol. The molecule has 1 heterocycles. The van der Waals surface area contributed by atoms with E-state index >= 15 is 0 Å². The third-order valence-electron chi connectivity index (χ3n) is 9.60. The molecule has 1 aliphatic heterocycles. The Kier molecular flexibility index (Phi) is 5.91. The zero-order valence-corrected chi connectivity index (χ0v) is 26.6. The van der Waals surface area contributed by atoms with Crippen LogP contribution in [0.1, 0.15) is 65.6 Å². The molecular weight excluding hydrogens is 548 g/mol. The number of hydrogen-bond acceptors (Lipinski definition) is 0. The fourth-order valence-corrected chi connectivity index (χ4v) is 26.0. The van der Waals surface area contributed by atoms with Gasteiger partial charge in [-0.25, -0.2) is 0 Å². The number of aryl methyl sites for hydroxylation is 4. The normalized spacial score (nSPS) is 20.4. The topological polar surface area (TPSA) is 0 Å². The molecule has 0 spiro atoms. The van der Waals surface area contributed by atoms with Crippen molar-refractivity contribution < 1.29 is 20.3 Å². The molecule has 7 rings (SSSR count). The number of allylic oxidation sites excluding steroid dienone is 2. The van der Waals surface area contributed by atoms with Gasteiger partial charge in [0.05, 0.1) is 0 Å². The summed E-state index contributed by atoms with van der Waals surface area (Å²) in [6, 6.07) is 28.3. The molecule has 2 atom stereocenters. The van der Waals surface area contributed by atoms with Gasteiger partial charge < -0.3 is 0 Å². The van der Waals surface area contributed by atoms with E-state index in [4.69, 9.17) is 0 Å². The molecule has 2 aliphatic carbocycles. The second-order valence-corrected chi connectivity index (χ2v) is 24.1. The molecular formula is C38H38Zr. The second kappa shape index (κ2) is 9.14. The van der Waals surface area contributed by atoms with E-state index < -0.39 is 20.3 Å². The van der Waals surface area contributed by atoms with Crippen LogP contribution in [0.5, 0.6) is 0 Å². The summed E-state index contributed by atoms with van der Waals surface area (Å²) in [7, 11) is 0. The SMILES string of the molecule is CC1=Cc2c(-c3cc(C)cc(C)c3)cccc2[CH]1[Zr]1([CH]2C(C)=Cc3c(-c4cc(C)cc(C)c4)cccc32)[CH2][CH2]1. The summed E-state index contributed by atoms with van der Waals surface area (Å²) in [6.07, 6.45) is 5.12. The van der Waals surface area contributed by atoms with Crippen LogP contribution in [0.2, 0.25) is 8.26 Å². The van der Waals surface area contributed by atoms with Gasteiger partial charge in [0.15, 0.2) is 0 Å². The van der Waals surface area contributed by atoms with Crippen LogP contribution >= 0.6 is 0 Å². The van der Waals surface area contributed by atoms with Crippen LogP contribution in [0.3, 0.4) is 0 Å².